The van der Waals surface area contributed by atoms with Gasteiger partial charge < -0.3 is 25.6 Å². The zero-order valence-corrected chi connectivity index (χ0v) is 12.9. The highest BCUT2D eigenvalue weighted by Gasteiger charge is 2.13. The molecule has 1 aromatic rings. The number of hydrogen-bond acceptors (Lipinski definition) is 5. The molecule has 7 heteroatoms. The third-order valence-corrected chi connectivity index (χ3v) is 2.78. The van der Waals surface area contributed by atoms with Crippen molar-refractivity contribution in [2.75, 3.05) is 19.8 Å². The lowest BCUT2D eigenvalue weighted by Gasteiger charge is -2.15. The quantitative estimate of drug-likeness (QED) is 0.633. The van der Waals surface area contributed by atoms with E-state index in [1.165, 1.54) is 0 Å². The van der Waals surface area contributed by atoms with Gasteiger partial charge in [-0.2, -0.15) is 0 Å². The molecule has 0 aliphatic carbocycles. The number of carbonyl (C=O) groups excluding carboxylic acids is 1. The van der Waals surface area contributed by atoms with Crippen molar-refractivity contribution < 1.29 is 19.4 Å². The van der Waals surface area contributed by atoms with Crippen LogP contribution in [0.4, 0.5) is 0 Å². The molecule has 1 atom stereocenters. The number of carbonyl (C=O) groups is 1. The van der Waals surface area contributed by atoms with Gasteiger partial charge in [0, 0.05) is 13.1 Å². The van der Waals surface area contributed by atoms with Crippen LogP contribution in [0.2, 0.25) is 5.02 Å². The second kappa shape index (κ2) is 8.71. The van der Waals surface area contributed by atoms with Gasteiger partial charge in [0.15, 0.2) is 18.1 Å². The first-order valence-corrected chi connectivity index (χ1v) is 7.07. The van der Waals surface area contributed by atoms with E-state index in [-0.39, 0.29) is 6.61 Å². The fourth-order valence-corrected chi connectivity index (χ4v) is 1.98. The highest BCUT2D eigenvalue weighted by atomic mass is 35.5. The zero-order valence-electron chi connectivity index (χ0n) is 12.2. The molecule has 0 heterocycles. The molecule has 1 aromatic carbocycles. The van der Waals surface area contributed by atoms with Gasteiger partial charge in [-0.05, 0) is 31.5 Å². The molecule has 118 valence electrons. The first-order chi connectivity index (χ1) is 9.93. The number of ether oxygens (including phenoxy) is 2. The third kappa shape index (κ3) is 6.20. The monoisotopic (exact) mass is 316 g/mol. The largest absolute Gasteiger partial charge is 0.490 e. The van der Waals surface area contributed by atoms with Crippen LogP contribution in [-0.4, -0.2) is 36.9 Å². The van der Waals surface area contributed by atoms with E-state index in [4.69, 9.17) is 26.8 Å². The summed E-state index contributed by atoms with van der Waals surface area (Å²) in [4.78, 5) is 10.8. The second-order valence-corrected chi connectivity index (χ2v) is 4.98. The molecule has 1 amide bonds. The number of primary amides is 1. The molecule has 0 radical (unpaired) electrons. The number of amides is 1. The van der Waals surface area contributed by atoms with Crippen LogP contribution in [0.3, 0.4) is 0 Å². The Morgan fingerprint density at radius 2 is 2.19 bits per heavy atom. The summed E-state index contributed by atoms with van der Waals surface area (Å²) < 4.78 is 10.8. The Labute approximate surface area is 129 Å². The molecule has 1 rings (SSSR count). The number of halogens is 1. The molecule has 4 N–H and O–H groups in total. The van der Waals surface area contributed by atoms with E-state index in [1.54, 1.807) is 19.1 Å². The molecule has 0 aliphatic rings. The molecular formula is C14H21ClN2O4. The first kappa shape index (κ1) is 17.6. The summed E-state index contributed by atoms with van der Waals surface area (Å²) in [5.74, 6) is 0.174. The van der Waals surface area contributed by atoms with Crippen LogP contribution in [0.5, 0.6) is 11.5 Å². The van der Waals surface area contributed by atoms with Crippen molar-refractivity contribution in [2.45, 2.75) is 26.5 Å². The van der Waals surface area contributed by atoms with Crippen LogP contribution in [0.1, 0.15) is 19.4 Å². The molecule has 21 heavy (non-hydrogen) atoms. The number of aliphatic hydroxyl groups is 1. The van der Waals surface area contributed by atoms with Gasteiger partial charge in [0.05, 0.1) is 17.7 Å². The molecule has 0 aliphatic heterocycles. The second-order valence-electron chi connectivity index (χ2n) is 4.57. The average molecular weight is 317 g/mol. The van der Waals surface area contributed by atoms with E-state index in [9.17, 15) is 9.90 Å². The van der Waals surface area contributed by atoms with Crippen molar-refractivity contribution >= 4 is 17.5 Å². The predicted octanol–water partition coefficient (Wildman–Crippen LogP) is 1.07. The van der Waals surface area contributed by atoms with Crippen molar-refractivity contribution in [3.8, 4) is 11.5 Å². The van der Waals surface area contributed by atoms with Gasteiger partial charge in [-0.15, -0.1) is 0 Å². The fraction of sp³-hybridized carbons (Fsp3) is 0.500. The Balaban J connectivity index is 2.86. The van der Waals surface area contributed by atoms with E-state index in [0.29, 0.717) is 36.2 Å². The van der Waals surface area contributed by atoms with Crippen molar-refractivity contribution in [1.82, 2.24) is 5.32 Å². The minimum absolute atomic E-state index is 0.264. The minimum atomic E-state index is -0.587. The number of nitrogens with one attached hydrogen (secondary N) is 1. The van der Waals surface area contributed by atoms with Crippen molar-refractivity contribution in [3.63, 3.8) is 0 Å². The summed E-state index contributed by atoms with van der Waals surface area (Å²) in [6.07, 6.45) is -0.426. The summed E-state index contributed by atoms with van der Waals surface area (Å²) in [5, 5.41) is 12.6. The van der Waals surface area contributed by atoms with Gasteiger partial charge in [0.25, 0.3) is 5.91 Å². The Morgan fingerprint density at radius 1 is 1.48 bits per heavy atom. The van der Waals surface area contributed by atoms with Crippen LogP contribution in [0.25, 0.3) is 0 Å². The Hall–Kier alpha value is -1.50. The lowest BCUT2D eigenvalue weighted by molar-refractivity contribution is -0.119. The van der Waals surface area contributed by atoms with Crippen molar-refractivity contribution in [2.24, 2.45) is 5.73 Å². The Morgan fingerprint density at radius 3 is 2.76 bits per heavy atom. The number of rotatable bonds is 9. The molecule has 0 unspecified atom stereocenters. The molecule has 0 saturated carbocycles. The maximum Gasteiger partial charge on any atom is 0.255 e. The molecule has 0 spiro atoms. The molecule has 0 aromatic heterocycles. The summed E-state index contributed by atoms with van der Waals surface area (Å²) in [7, 11) is 0. The van der Waals surface area contributed by atoms with Crippen LogP contribution >= 0.6 is 11.6 Å². The molecule has 0 fully saturated rings. The average Bonchev–Trinajstić information content (AvgIpc) is 2.37. The van der Waals surface area contributed by atoms with Crippen molar-refractivity contribution in [3.05, 3.63) is 22.7 Å². The smallest absolute Gasteiger partial charge is 0.255 e. The number of aliphatic hydroxyl groups excluding tert-OH is 1. The molecule has 0 bridgehead atoms. The number of nitrogens with two attached hydrogens (primary N) is 1. The topological polar surface area (TPSA) is 93.8 Å². The summed E-state index contributed by atoms with van der Waals surface area (Å²) in [6, 6.07) is 3.50. The van der Waals surface area contributed by atoms with E-state index in [2.05, 4.69) is 5.32 Å². The molecule has 0 saturated heterocycles. The van der Waals surface area contributed by atoms with Gasteiger partial charge in [-0.3, -0.25) is 4.79 Å². The lowest BCUT2D eigenvalue weighted by Crippen LogP contribution is -2.24. The number of hydrogen-bond donors (Lipinski definition) is 3. The predicted molar refractivity (Wildman–Crippen MR) is 80.7 cm³/mol. The lowest BCUT2D eigenvalue weighted by atomic mass is 10.2. The van der Waals surface area contributed by atoms with E-state index < -0.39 is 12.0 Å². The van der Waals surface area contributed by atoms with Gasteiger partial charge in [-0.1, -0.05) is 11.6 Å². The fourth-order valence-electron chi connectivity index (χ4n) is 1.70. The molecule has 6 nitrogen and oxygen atoms in total. The zero-order chi connectivity index (χ0) is 15.8. The third-order valence-electron chi connectivity index (χ3n) is 2.50. The Kier molecular flexibility index (Phi) is 7.28. The summed E-state index contributed by atoms with van der Waals surface area (Å²) in [5.41, 5.74) is 5.94. The summed E-state index contributed by atoms with van der Waals surface area (Å²) in [6.45, 7) is 4.71. The van der Waals surface area contributed by atoms with E-state index in [0.717, 1.165) is 5.56 Å². The van der Waals surface area contributed by atoms with Gasteiger partial charge in [0.2, 0.25) is 0 Å². The standard InChI is InChI=1S/C14H21ClN2O4/c1-3-20-12-5-10(7-17-6-9(2)18)4-11(15)14(12)21-8-13(16)19/h4-5,9,17-18H,3,6-8H2,1-2H3,(H2,16,19)/t9-/m0/s1. The van der Waals surface area contributed by atoms with Crippen molar-refractivity contribution in [1.29, 1.82) is 0 Å². The highest BCUT2D eigenvalue weighted by Crippen LogP contribution is 2.36. The minimum Gasteiger partial charge on any atom is -0.490 e. The van der Waals surface area contributed by atoms with Gasteiger partial charge in [0.1, 0.15) is 0 Å². The SMILES string of the molecule is CCOc1cc(CNC[C@H](C)O)cc(Cl)c1OCC(N)=O. The Bertz CT molecular complexity index is 480. The highest BCUT2D eigenvalue weighted by molar-refractivity contribution is 6.32. The van der Waals surface area contributed by atoms with Crippen LogP contribution in [-0.2, 0) is 11.3 Å². The first-order valence-electron chi connectivity index (χ1n) is 6.69. The maximum absolute atomic E-state index is 10.8. The number of benzene rings is 1. The van der Waals surface area contributed by atoms with E-state index in [1.807, 2.05) is 6.92 Å². The van der Waals surface area contributed by atoms with Crippen LogP contribution < -0.4 is 20.5 Å². The van der Waals surface area contributed by atoms with E-state index >= 15 is 0 Å². The summed E-state index contributed by atoms with van der Waals surface area (Å²) >= 11 is 6.16. The molecular weight excluding hydrogens is 296 g/mol. The normalized spacial score (nSPS) is 12.0. The van der Waals surface area contributed by atoms with Crippen LogP contribution in [0, 0.1) is 0 Å². The maximum atomic E-state index is 10.8. The van der Waals surface area contributed by atoms with Gasteiger partial charge in [-0.25, -0.2) is 0 Å². The van der Waals surface area contributed by atoms with Crippen LogP contribution in [0.15, 0.2) is 12.1 Å². The van der Waals surface area contributed by atoms with Gasteiger partial charge >= 0.3 is 0 Å².